The van der Waals surface area contributed by atoms with E-state index in [1.54, 1.807) is 6.92 Å². The molecule has 0 aliphatic carbocycles. The van der Waals surface area contributed by atoms with Crippen molar-refractivity contribution in [3.8, 4) is 0 Å². The molecule has 1 aromatic rings. The van der Waals surface area contributed by atoms with Gasteiger partial charge in [0.15, 0.2) is 0 Å². The largest absolute Gasteiger partial charge is 0.481 e. The molecular weight excluding hydrogens is 254 g/mol. The fourth-order valence-electron chi connectivity index (χ4n) is 1.36. The fourth-order valence-corrected chi connectivity index (χ4v) is 1.36. The molecule has 1 N–H and O–H groups in total. The number of rotatable bonds is 6. The van der Waals surface area contributed by atoms with Gasteiger partial charge in [-0.05, 0) is 25.5 Å². The average Bonchev–Trinajstić information content (AvgIpc) is 2.36. The molecule has 102 valence electrons. The average molecular weight is 267 g/mol. The van der Waals surface area contributed by atoms with E-state index in [4.69, 9.17) is 9.84 Å². The third-order valence-corrected chi connectivity index (χ3v) is 2.39. The van der Waals surface area contributed by atoms with E-state index in [1.807, 2.05) is 0 Å². The van der Waals surface area contributed by atoms with Crippen molar-refractivity contribution in [3.05, 3.63) is 39.9 Å². The minimum absolute atomic E-state index is 0.0886. The van der Waals surface area contributed by atoms with Crippen molar-refractivity contribution in [2.45, 2.75) is 25.9 Å². The quantitative estimate of drug-likeness (QED) is 0.480. The summed E-state index contributed by atoms with van der Waals surface area (Å²) in [6.07, 6.45) is -0.401. The van der Waals surface area contributed by atoms with Crippen LogP contribution < -0.4 is 0 Å². The van der Waals surface area contributed by atoms with Crippen molar-refractivity contribution >= 4 is 17.6 Å². The smallest absolute Gasteiger partial charge is 0.338 e. The molecule has 0 bridgehead atoms. The zero-order chi connectivity index (χ0) is 14.4. The maximum absolute atomic E-state index is 11.6. The van der Waals surface area contributed by atoms with Gasteiger partial charge in [-0.25, -0.2) is 4.79 Å². The summed E-state index contributed by atoms with van der Waals surface area (Å²) in [6.45, 7) is 1.59. The first-order chi connectivity index (χ1) is 8.90. The summed E-state index contributed by atoms with van der Waals surface area (Å²) < 4.78 is 5.02. The second-order valence-corrected chi connectivity index (χ2v) is 3.95. The number of nitrogens with zero attached hydrogens (tertiary/aromatic N) is 1. The third kappa shape index (κ3) is 4.74. The topological polar surface area (TPSA) is 107 Å². The van der Waals surface area contributed by atoms with E-state index < -0.39 is 23.0 Å². The number of aliphatic carboxylic acids is 1. The zero-order valence-electron chi connectivity index (χ0n) is 10.2. The Labute approximate surface area is 109 Å². The minimum atomic E-state index is -0.960. The summed E-state index contributed by atoms with van der Waals surface area (Å²) in [5.74, 6) is -1.59. The van der Waals surface area contributed by atoms with Gasteiger partial charge in [-0.15, -0.1) is 0 Å². The highest BCUT2D eigenvalue weighted by Gasteiger charge is 2.14. The number of nitro benzene ring substituents is 1. The lowest BCUT2D eigenvalue weighted by Crippen LogP contribution is -2.16. The molecule has 0 heterocycles. The SMILES string of the molecule is C[C@H](CCC(=O)O)OC(=O)c1ccc([N+](=O)[O-])cc1. The molecule has 7 nitrogen and oxygen atoms in total. The van der Waals surface area contributed by atoms with Crippen LogP contribution in [0.3, 0.4) is 0 Å². The maximum atomic E-state index is 11.6. The fraction of sp³-hybridized carbons (Fsp3) is 0.333. The Kier molecular flexibility index (Phi) is 4.99. The summed E-state index contributed by atoms with van der Waals surface area (Å²) >= 11 is 0. The Bertz CT molecular complexity index is 481. The maximum Gasteiger partial charge on any atom is 0.338 e. The van der Waals surface area contributed by atoms with Crippen molar-refractivity contribution in [1.82, 2.24) is 0 Å². The normalized spacial score (nSPS) is 11.6. The van der Waals surface area contributed by atoms with Crippen LogP contribution in [0.1, 0.15) is 30.1 Å². The molecule has 0 aliphatic rings. The van der Waals surface area contributed by atoms with E-state index >= 15 is 0 Å². The lowest BCUT2D eigenvalue weighted by molar-refractivity contribution is -0.384. The molecule has 0 amide bonds. The van der Waals surface area contributed by atoms with Crippen LogP contribution in [-0.2, 0) is 9.53 Å². The van der Waals surface area contributed by atoms with Crippen molar-refractivity contribution in [2.75, 3.05) is 0 Å². The van der Waals surface area contributed by atoms with Crippen molar-refractivity contribution in [3.63, 3.8) is 0 Å². The van der Waals surface area contributed by atoms with E-state index in [0.29, 0.717) is 0 Å². The predicted octanol–water partition coefficient (Wildman–Crippen LogP) is 2.00. The number of carboxylic acid groups (broad SMARTS) is 1. The van der Waals surface area contributed by atoms with E-state index in [0.717, 1.165) is 0 Å². The van der Waals surface area contributed by atoms with Gasteiger partial charge in [0.05, 0.1) is 16.6 Å². The zero-order valence-corrected chi connectivity index (χ0v) is 10.2. The molecule has 0 aromatic heterocycles. The summed E-state index contributed by atoms with van der Waals surface area (Å²) in [4.78, 5) is 31.9. The highest BCUT2D eigenvalue weighted by Crippen LogP contribution is 2.14. The summed E-state index contributed by atoms with van der Waals surface area (Å²) in [5, 5.41) is 18.9. The van der Waals surface area contributed by atoms with Gasteiger partial charge >= 0.3 is 11.9 Å². The standard InChI is InChI=1S/C12H13NO6/c1-8(2-7-11(14)15)19-12(16)9-3-5-10(6-4-9)13(17)18/h3-6,8H,2,7H2,1H3,(H,14,15)/t8-/m1/s1. The van der Waals surface area contributed by atoms with Crippen molar-refractivity contribution in [1.29, 1.82) is 0 Å². The van der Waals surface area contributed by atoms with Crippen LogP contribution in [-0.4, -0.2) is 28.1 Å². The van der Waals surface area contributed by atoms with Crippen LogP contribution in [0.15, 0.2) is 24.3 Å². The molecule has 1 aromatic carbocycles. The molecular formula is C12H13NO6. The summed E-state index contributed by atoms with van der Waals surface area (Å²) in [5.41, 5.74) is 0.0725. The molecule has 0 saturated heterocycles. The number of hydrogen-bond donors (Lipinski definition) is 1. The van der Waals surface area contributed by atoms with Crippen LogP contribution in [0, 0.1) is 10.1 Å². The minimum Gasteiger partial charge on any atom is -0.481 e. The number of benzene rings is 1. The second kappa shape index (κ2) is 6.48. The Morgan fingerprint density at radius 3 is 2.42 bits per heavy atom. The van der Waals surface area contributed by atoms with E-state index in [1.165, 1.54) is 24.3 Å². The van der Waals surface area contributed by atoms with E-state index in [9.17, 15) is 19.7 Å². The van der Waals surface area contributed by atoms with Gasteiger partial charge in [0.1, 0.15) is 0 Å². The summed E-state index contributed by atoms with van der Waals surface area (Å²) in [6, 6.07) is 5.01. The van der Waals surface area contributed by atoms with Gasteiger partial charge in [-0.3, -0.25) is 14.9 Å². The number of carbonyl (C=O) groups excluding carboxylic acids is 1. The van der Waals surface area contributed by atoms with E-state index in [-0.39, 0.29) is 24.1 Å². The van der Waals surface area contributed by atoms with Gasteiger partial charge in [-0.2, -0.15) is 0 Å². The highest BCUT2D eigenvalue weighted by atomic mass is 16.6. The van der Waals surface area contributed by atoms with Gasteiger partial charge in [-0.1, -0.05) is 0 Å². The molecule has 0 spiro atoms. The summed E-state index contributed by atoms with van der Waals surface area (Å²) in [7, 11) is 0. The molecule has 0 aliphatic heterocycles. The van der Waals surface area contributed by atoms with Crippen LogP contribution in [0.4, 0.5) is 5.69 Å². The van der Waals surface area contributed by atoms with Crippen molar-refractivity contribution in [2.24, 2.45) is 0 Å². The second-order valence-electron chi connectivity index (χ2n) is 3.95. The first kappa shape index (κ1) is 14.6. The molecule has 0 fully saturated rings. The van der Waals surface area contributed by atoms with Gasteiger partial charge < -0.3 is 9.84 Å². The van der Waals surface area contributed by atoms with Crippen molar-refractivity contribution < 1.29 is 24.4 Å². The number of ether oxygens (including phenoxy) is 1. The van der Waals surface area contributed by atoms with Crippen LogP contribution >= 0.6 is 0 Å². The number of esters is 1. The number of nitro groups is 1. The third-order valence-electron chi connectivity index (χ3n) is 2.39. The van der Waals surface area contributed by atoms with Crippen LogP contribution in [0.25, 0.3) is 0 Å². The molecule has 0 radical (unpaired) electrons. The lowest BCUT2D eigenvalue weighted by atomic mass is 10.2. The first-order valence-electron chi connectivity index (χ1n) is 5.57. The Balaban J connectivity index is 2.58. The highest BCUT2D eigenvalue weighted by molar-refractivity contribution is 5.89. The van der Waals surface area contributed by atoms with E-state index in [2.05, 4.69) is 0 Å². The number of hydrogen-bond acceptors (Lipinski definition) is 5. The number of carbonyl (C=O) groups is 2. The molecule has 1 atom stereocenters. The number of non-ortho nitro benzene ring substituents is 1. The van der Waals surface area contributed by atoms with Gasteiger partial charge in [0.25, 0.3) is 5.69 Å². The monoisotopic (exact) mass is 267 g/mol. The Morgan fingerprint density at radius 2 is 1.95 bits per heavy atom. The molecule has 0 unspecified atom stereocenters. The molecule has 0 saturated carbocycles. The van der Waals surface area contributed by atoms with Gasteiger partial charge in [0, 0.05) is 18.6 Å². The Morgan fingerprint density at radius 1 is 1.37 bits per heavy atom. The van der Waals surface area contributed by atoms with Crippen LogP contribution in [0.5, 0.6) is 0 Å². The predicted molar refractivity (Wildman–Crippen MR) is 64.8 cm³/mol. The molecule has 1 rings (SSSR count). The first-order valence-corrected chi connectivity index (χ1v) is 5.57. The molecule has 19 heavy (non-hydrogen) atoms. The molecule has 7 heteroatoms. The Hall–Kier alpha value is -2.44. The lowest BCUT2D eigenvalue weighted by Gasteiger charge is -2.11. The van der Waals surface area contributed by atoms with Crippen LogP contribution in [0.2, 0.25) is 0 Å². The van der Waals surface area contributed by atoms with Gasteiger partial charge in [0.2, 0.25) is 0 Å². The number of carboxylic acids is 1.